The van der Waals surface area contributed by atoms with Crippen molar-refractivity contribution in [1.82, 2.24) is 16.0 Å². The summed E-state index contributed by atoms with van der Waals surface area (Å²) in [7, 11) is 1.42. The van der Waals surface area contributed by atoms with E-state index in [2.05, 4.69) is 39.6 Å². The SMILES string of the molecule is C=C/C(=C(\NC)NCCNCC(O)CN1CCc2ccccc21)C(F)(F)F. The van der Waals surface area contributed by atoms with Crippen LogP contribution in [0.25, 0.3) is 0 Å². The second-order valence-electron chi connectivity index (χ2n) is 6.35. The number of nitrogens with zero attached hydrogens (tertiary/aromatic N) is 1. The largest absolute Gasteiger partial charge is 0.419 e. The average molecular weight is 384 g/mol. The predicted molar refractivity (Wildman–Crippen MR) is 102 cm³/mol. The molecule has 0 aromatic heterocycles. The maximum atomic E-state index is 12.9. The first-order valence-corrected chi connectivity index (χ1v) is 8.94. The van der Waals surface area contributed by atoms with E-state index in [0.717, 1.165) is 24.7 Å². The zero-order valence-corrected chi connectivity index (χ0v) is 15.4. The van der Waals surface area contributed by atoms with Gasteiger partial charge in [0.2, 0.25) is 0 Å². The van der Waals surface area contributed by atoms with Gasteiger partial charge >= 0.3 is 6.18 Å². The van der Waals surface area contributed by atoms with Gasteiger partial charge in [-0.2, -0.15) is 13.2 Å². The highest BCUT2D eigenvalue weighted by Crippen LogP contribution is 2.28. The number of β-amino-alcohol motifs (C(OH)–C–C–N with tert-alkyl or cyclic N) is 1. The third-order valence-corrected chi connectivity index (χ3v) is 4.43. The van der Waals surface area contributed by atoms with Crippen molar-refractivity contribution in [2.75, 3.05) is 44.7 Å². The van der Waals surface area contributed by atoms with Crippen LogP contribution < -0.4 is 20.9 Å². The molecule has 150 valence electrons. The van der Waals surface area contributed by atoms with Gasteiger partial charge in [0.1, 0.15) is 5.82 Å². The van der Waals surface area contributed by atoms with Crippen LogP contribution in [0.3, 0.4) is 0 Å². The maximum absolute atomic E-state index is 12.9. The number of anilines is 1. The van der Waals surface area contributed by atoms with Gasteiger partial charge in [-0.25, -0.2) is 0 Å². The Morgan fingerprint density at radius 2 is 2.07 bits per heavy atom. The first kappa shape index (κ1) is 21.1. The zero-order valence-electron chi connectivity index (χ0n) is 15.4. The van der Waals surface area contributed by atoms with Crippen LogP contribution in [0.2, 0.25) is 0 Å². The standard InChI is InChI=1S/C19H27F3N4O/c1-3-16(19(20,21)22)18(23-2)25-10-9-24-12-15(27)13-26-11-8-14-6-4-5-7-17(14)26/h3-7,15,23-25,27H,1,8-13H2,2H3/b18-16-. The molecular formula is C19H27F3N4O. The minimum atomic E-state index is -4.47. The van der Waals surface area contributed by atoms with Crippen molar-refractivity contribution >= 4 is 5.69 Å². The number of benzene rings is 1. The van der Waals surface area contributed by atoms with Crippen molar-refractivity contribution in [3.8, 4) is 0 Å². The molecule has 0 fully saturated rings. The molecule has 2 rings (SSSR count). The van der Waals surface area contributed by atoms with E-state index >= 15 is 0 Å². The highest BCUT2D eigenvalue weighted by atomic mass is 19.4. The number of para-hydroxylation sites is 1. The lowest BCUT2D eigenvalue weighted by molar-refractivity contribution is -0.0895. The molecule has 0 radical (unpaired) electrons. The summed E-state index contributed by atoms with van der Waals surface area (Å²) in [6.07, 6.45) is -3.27. The molecule has 5 nitrogen and oxygen atoms in total. The second-order valence-corrected chi connectivity index (χ2v) is 6.35. The van der Waals surface area contributed by atoms with E-state index < -0.39 is 17.9 Å². The fraction of sp³-hybridized carbons (Fsp3) is 0.474. The molecular weight excluding hydrogens is 357 g/mol. The van der Waals surface area contributed by atoms with Gasteiger partial charge in [-0.05, 0) is 18.1 Å². The van der Waals surface area contributed by atoms with Gasteiger partial charge in [0, 0.05) is 45.5 Å². The lowest BCUT2D eigenvalue weighted by atomic mass is 10.2. The monoisotopic (exact) mass is 384 g/mol. The number of hydrogen-bond acceptors (Lipinski definition) is 5. The summed E-state index contributed by atoms with van der Waals surface area (Å²) in [5.41, 5.74) is 1.61. The Hall–Kier alpha value is -2.19. The summed E-state index contributed by atoms with van der Waals surface area (Å²) in [5.74, 6) is -0.117. The lowest BCUT2D eigenvalue weighted by Crippen LogP contribution is -2.40. The Labute approximate surface area is 157 Å². The smallest absolute Gasteiger partial charge is 0.390 e. The summed E-state index contributed by atoms with van der Waals surface area (Å²) in [4.78, 5) is 2.15. The van der Waals surface area contributed by atoms with Crippen molar-refractivity contribution in [3.63, 3.8) is 0 Å². The van der Waals surface area contributed by atoms with Gasteiger partial charge in [-0.3, -0.25) is 0 Å². The van der Waals surface area contributed by atoms with Gasteiger partial charge in [0.15, 0.2) is 0 Å². The lowest BCUT2D eigenvalue weighted by Gasteiger charge is -2.23. The van der Waals surface area contributed by atoms with Crippen LogP contribution >= 0.6 is 0 Å². The fourth-order valence-corrected chi connectivity index (χ4v) is 3.14. The molecule has 1 aromatic rings. The van der Waals surface area contributed by atoms with Crippen molar-refractivity contribution in [2.24, 2.45) is 0 Å². The van der Waals surface area contributed by atoms with E-state index in [-0.39, 0.29) is 12.4 Å². The van der Waals surface area contributed by atoms with Crippen LogP contribution in [0.15, 0.2) is 48.3 Å². The number of nitrogens with one attached hydrogen (secondary N) is 3. The van der Waals surface area contributed by atoms with Crippen molar-refractivity contribution in [3.05, 3.63) is 53.9 Å². The van der Waals surface area contributed by atoms with Crippen molar-refractivity contribution in [2.45, 2.75) is 18.7 Å². The number of aliphatic hydroxyl groups is 1. The Balaban J connectivity index is 1.72. The van der Waals surface area contributed by atoms with Gasteiger partial charge in [-0.15, -0.1) is 0 Å². The topological polar surface area (TPSA) is 59.6 Å². The number of aliphatic hydroxyl groups excluding tert-OH is 1. The normalized spacial score (nSPS) is 15.8. The number of hydrogen-bond donors (Lipinski definition) is 4. The van der Waals surface area contributed by atoms with E-state index in [1.54, 1.807) is 0 Å². The molecule has 1 aliphatic heterocycles. The number of rotatable bonds is 10. The van der Waals surface area contributed by atoms with Crippen molar-refractivity contribution in [1.29, 1.82) is 0 Å². The Bertz CT molecular complexity index is 661. The van der Waals surface area contributed by atoms with Gasteiger partial charge < -0.3 is 26.0 Å². The molecule has 0 saturated heterocycles. The average Bonchev–Trinajstić information content (AvgIpc) is 3.02. The molecule has 1 atom stereocenters. The minimum absolute atomic E-state index is 0.117. The van der Waals surface area contributed by atoms with Gasteiger partial charge in [0.05, 0.1) is 11.7 Å². The summed E-state index contributed by atoms with van der Waals surface area (Å²) in [5, 5.41) is 18.5. The van der Waals surface area contributed by atoms with Crippen LogP contribution in [0.5, 0.6) is 0 Å². The molecule has 0 aliphatic carbocycles. The molecule has 0 spiro atoms. The van der Waals surface area contributed by atoms with E-state index in [1.807, 2.05) is 12.1 Å². The Kier molecular flexibility index (Phi) is 7.55. The molecule has 0 saturated carbocycles. The molecule has 4 N–H and O–H groups in total. The first-order chi connectivity index (χ1) is 12.9. The number of alkyl halides is 3. The summed E-state index contributed by atoms with van der Waals surface area (Å²) >= 11 is 0. The number of allylic oxidation sites excluding steroid dienone is 2. The zero-order chi connectivity index (χ0) is 19.9. The van der Waals surface area contributed by atoms with E-state index in [0.29, 0.717) is 19.6 Å². The summed E-state index contributed by atoms with van der Waals surface area (Å²) in [6.45, 7) is 5.69. The first-order valence-electron chi connectivity index (χ1n) is 8.94. The van der Waals surface area contributed by atoms with E-state index in [1.165, 1.54) is 12.6 Å². The number of halogens is 3. The Morgan fingerprint density at radius 3 is 2.74 bits per heavy atom. The van der Waals surface area contributed by atoms with E-state index in [4.69, 9.17) is 0 Å². The third kappa shape index (κ3) is 5.90. The summed E-state index contributed by atoms with van der Waals surface area (Å²) < 4.78 is 38.6. The second kappa shape index (κ2) is 9.66. The molecule has 0 amide bonds. The van der Waals surface area contributed by atoms with Crippen molar-refractivity contribution < 1.29 is 18.3 Å². The van der Waals surface area contributed by atoms with Gasteiger partial charge in [-0.1, -0.05) is 30.9 Å². The predicted octanol–water partition coefficient (Wildman–Crippen LogP) is 1.77. The van der Waals surface area contributed by atoms with Gasteiger partial charge in [0.25, 0.3) is 0 Å². The fourth-order valence-electron chi connectivity index (χ4n) is 3.14. The minimum Gasteiger partial charge on any atom is -0.390 e. The van der Waals surface area contributed by atoms with E-state index in [9.17, 15) is 18.3 Å². The highest BCUT2D eigenvalue weighted by Gasteiger charge is 2.34. The maximum Gasteiger partial charge on any atom is 0.419 e. The van der Waals surface area contributed by atoms with Crippen LogP contribution in [-0.2, 0) is 6.42 Å². The summed E-state index contributed by atoms with van der Waals surface area (Å²) in [6, 6.07) is 8.14. The molecule has 8 heteroatoms. The molecule has 1 heterocycles. The Morgan fingerprint density at radius 1 is 1.33 bits per heavy atom. The molecule has 1 aromatic carbocycles. The molecule has 1 unspecified atom stereocenters. The highest BCUT2D eigenvalue weighted by molar-refractivity contribution is 5.57. The molecule has 0 bridgehead atoms. The van der Waals surface area contributed by atoms with Crippen LogP contribution in [0.1, 0.15) is 5.56 Å². The van der Waals surface area contributed by atoms with Crippen LogP contribution in [-0.4, -0.2) is 57.2 Å². The van der Waals surface area contributed by atoms with Crippen LogP contribution in [0, 0.1) is 0 Å². The molecule has 1 aliphatic rings. The van der Waals surface area contributed by atoms with Crippen LogP contribution in [0.4, 0.5) is 18.9 Å². The number of fused-ring (bicyclic) bond motifs is 1. The third-order valence-electron chi connectivity index (χ3n) is 4.43. The quantitative estimate of drug-likeness (QED) is 0.366. The molecule has 27 heavy (non-hydrogen) atoms.